The fourth-order valence-corrected chi connectivity index (χ4v) is 2.01. The van der Waals surface area contributed by atoms with Gasteiger partial charge in [0.2, 0.25) is 5.91 Å². The van der Waals surface area contributed by atoms with E-state index in [1.165, 1.54) is 0 Å². The Kier molecular flexibility index (Phi) is 7.38. The van der Waals surface area contributed by atoms with Crippen molar-refractivity contribution in [3.05, 3.63) is 35.9 Å². The molecule has 0 aliphatic heterocycles. The molecule has 1 amide bonds. The summed E-state index contributed by atoms with van der Waals surface area (Å²) in [5.74, 6) is 0.489. The standard InChI is InChI=1S/C16H23N3O/c1-14(2)12-19(10-6-9-17)13-16(20)18-11-15-7-4-3-5-8-15/h3-5,7-8,14H,6,10-13H2,1-2H3,(H,18,20). The minimum atomic E-state index is 0.00689. The SMILES string of the molecule is CC(C)CN(CCC#N)CC(=O)NCc1ccccc1. The summed E-state index contributed by atoms with van der Waals surface area (Å²) in [6.07, 6.45) is 0.457. The lowest BCUT2D eigenvalue weighted by Crippen LogP contribution is -2.39. The second kappa shape index (κ2) is 9.11. The summed E-state index contributed by atoms with van der Waals surface area (Å²) in [4.78, 5) is 14.0. The average Bonchev–Trinajstić information content (AvgIpc) is 2.43. The molecule has 0 fully saturated rings. The first-order valence-electron chi connectivity index (χ1n) is 7.01. The molecule has 0 saturated heterocycles. The first-order valence-corrected chi connectivity index (χ1v) is 7.01. The number of nitriles is 1. The minimum Gasteiger partial charge on any atom is -0.351 e. The van der Waals surface area contributed by atoms with Gasteiger partial charge in [0.15, 0.2) is 0 Å². The van der Waals surface area contributed by atoms with Crippen LogP contribution in [0, 0.1) is 17.2 Å². The van der Waals surface area contributed by atoms with Gasteiger partial charge in [0, 0.05) is 26.1 Å². The highest BCUT2D eigenvalue weighted by Crippen LogP contribution is 2.01. The smallest absolute Gasteiger partial charge is 0.234 e. The summed E-state index contributed by atoms with van der Waals surface area (Å²) in [5, 5.41) is 11.6. The largest absolute Gasteiger partial charge is 0.351 e. The van der Waals surface area contributed by atoms with Gasteiger partial charge in [-0.05, 0) is 11.5 Å². The van der Waals surface area contributed by atoms with Crippen LogP contribution in [-0.2, 0) is 11.3 Å². The number of carbonyl (C=O) groups is 1. The van der Waals surface area contributed by atoms with Crippen molar-refractivity contribution in [1.82, 2.24) is 10.2 Å². The third kappa shape index (κ3) is 6.91. The van der Waals surface area contributed by atoms with Crippen LogP contribution in [0.2, 0.25) is 0 Å². The van der Waals surface area contributed by atoms with Crippen LogP contribution in [0.3, 0.4) is 0 Å². The highest BCUT2D eigenvalue weighted by atomic mass is 16.2. The normalized spacial score (nSPS) is 10.6. The number of nitrogens with zero attached hydrogens (tertiary/aromatic N) is 2. The van der Waals surface area contributed by atoms with Crippen LogP contribution in [0.5, 0.6) is 0 Å². The van der Waals surface area contributed by atoms with Crippen LogP contribution in [0.15, 0.2) is 30.3 Å². The molecule has 0 atom stereocenters. The number of carbonyl (C=O) groups excluding carboxylic acids is 1. The molecule has 1 aromatic carbocycles. The monoisotopic (exact) mass is 273 g/mol. The molecule has 1 aromatic rings. The number of hydrogen-bond acceptors (Lipinski definition) is 3. The fraction of sp³-hybridized carbons (Fsp3) is 0.500. The summed E-state index contributed by atoms with van der Waals surface area (Å²) in [7, 11) is 0. The summed E-state index contributed by atoms with van der Waals surface area (Å²) in [5.41, 5.74) is 1.09. The van der Waals surface area contributed by atoms with Crippen molar-refractivity contribution in [3.63, 3.8) is 0 Å². The number of nitrogens with one attached hydrogen (secondary N) is 1. The quantitative estimate of drug-likeness (QED) is 0.790. The van der Waals surface area contributed by atoms with Crippen LogP contribution < -0.4 is 5.32 Å². The Hall–Kier alpha value is -1.86. The van der Waals surface area contributed by atoms with Gasteiger partial charge >= 0.3 is 0 Å². The Balaban J connectivity index is 2.39. The molecule has 1 rings (SSSR count). The second-order valence-electron chi connectivity index (χ2n) is 5.30. The zero-order valence-corrected chi connectivity index (χ0v) is 12.3. The number of rotatable bonds is 8. The molecule has 0 aliphatic rings. The van der Waals surface area contributed by atoms with E-state index in [0.717, 1.165) is 12.1 Å². The molecule has 4 heteroatoms. The third-order valence-corrected chi connectivity index (χ3v) is 2.86. The molecule has 108 valence electrons. The Morgan fingerprint density at radius 3 is 2.65 bits per heavy atom. The predicted octanol–water partition coefficient (Wildman–Crippen LogP) is 2.17. The number of hydrogen-bond donors (Lipinski definition) is 1. The maximum atomic E-state index is 11.9. The highest BCUT2D eigenvalue weighted by molar-refractivity contribution is 5.78. The van der Waals surface area contributed by atoms with Crippen molar-refractivity contribution in [2.75, 3.05) is 19.6 Å². The highest BCUT2D eigenvalue weighted by Gasteiger charge is 2.11. The van der Waals surface area contributed by atoms with E-state index in [1.807, 2.05) is 35.2 Å². The van der Waals surface area contributed by atoms with E-state index in [0.29, 0.717) is 32.0 Å². The van der Waals surface area contributed by atoms with Gasteiger partial charge in [0.1, 0.15) is 0 Å². The summed E-state index contributed by atoms with van der Waals surface area (Å²) >= 11 is 0. The molecule has 4 nitrogen and oxygen atoms in total. The Morgan fingerprint density at radius 2 is 2.05 bits per heavy atom. The lowest BCUT2D eigenvalue weighted by atomic mass is 10.2. The van der Waals surface area contributed by atoms with Crippen molar-refractivity contribution in [1.29, 1.82) is 5.26 Å². The Bertz CT molecular complexity index is 437. The molecule has 0 radical (unpaired) electrons. The summed E-state index contributed by atoms with van der Waals surface area (Å²) in [6, 6.07) is 12.0. The van der Waals surface area contributed by atoms with Gasteiger partial charge in [-0.3, -0.25) is 9.69 Å². The van der Waals surface area contributed by atoms with E-state index < -0.39 is 0 Å². The average molecular weight is 273 g/mol. The third-order valence-electron chi connectivity index (χ3n) is 2.86. The Labute approximate surface area is 121 Å². The molecule has 1 N–H and O–H groups in total. The zero-order chi connectivity index (χ0) is 14.8. The maximum absolute atomic E-state index is 11.9. The van der Waals surface area contributed by atoms with Crippen molar-refractivity contribution >= 4 is 5.91 Å². The summed E-state index contributed by atoms with van der Waals surface area (Å²) in [6.45, 7) is 6.61. The van der Waals surface area contributed by atoms with Crippen molar-refractivity contribution in [3.8, 4) is 6.07 Å². The van der Waals surface area contributed by atoms with Crippen molar-refractivity contribution in [2.24, 2.45) is 5.92 Å². The minimum absolute atomic E-state index is 0.00689. The van der Waals surface area contributed by atoms with Gasteiger partial charge in [-0.25, -0.2) is 0 Å². The lowest BCUT2D eigenvalue weighted by Gasteiger charge is -2.22. The van der Waals surface area contributed by atoms with Gasteiger partial charge in [-0.1, -0.05) is 44.2 Å². The van der Waals surface area contributed by atoms with Gasteiger partial charge in [0.25, 0.3) is 0 Å². The van der Waals surface area contributed by atoms with Crippen molar-refractivity contribution in [2.45, 2.75) is 26.8 Å². The molecule has 20 heavy (non-hydrogen) atoms. The first-order chi connectivity index (χ1) is 9.61. The Morgan fingerprint density at radius 1 is 1.35 bits per heavy atom. The van der Waals surface area contributed by atoms with E-state index in [9.17, 15) is 4.79 Å². The van der Waals surface area contributed by atoms with Gasteiger partial charge in [-0.15, -0.1) is 0 Å². The maximum Gasteiger partial charge on any atom is 0.234 e. The molecule has 0 aromatic heterocycles. The van der Waals surface area contributed by atoms with E-state index in [-0.39, 0.29) is 5.91 Å². The topological polar surface area (TPSA) is 56.1 Å². The second-order valence-corrected chi connectivity index (χ2v) is 5.30. The molecule has 0 heterocycles. The fourth-order valence-electron chi connectivity index (χ4n) is 2.01. The van der Waals surface area contributed by atoms with Gasteiger partial charge in [0.05, 0.1) is 12.6 Å². The van der Waals surface area contributed by atoms with Crippen LogP contribution in [0.1, 0.15) is 25.8 Å². The molecule has 0 bridgehead atoms. The molecular formula is C16H23N3O. The van der Waals surface area contributed by atoms with Crippen LogP contribution in [0.25, 0.3) is 0 Å². The first kappa shape index (κ1) is 16.2. The van der Waals surface area contributed by atoms with Crippen LogP contribution >= 0.6 is 0 Å². The molecular weight excluding hydrogens is 250 g/mol. The molecule has 0 aliphatic carbocycles. The van der Waals surface area contributed by atoms with Crippen LogP contribution in [-0.4, -0.2) is 30.4 Å². The summed E-state index contributed by atoms with van der Waals surface area (Å²) < 4.78 is 0. The number of amides is 1. The van der Waals surface area contributed by atoms with Crippen molar-refractivity contribution < 1.29 is 4.79 Å². The van der Waals surface area contributed by atoms with Gasteiger partial charge in [-0.2, -0.15) is 5.26 Å². The lowest BCUT2D eigenvalue weighted by molar-refractivity contribution is -0.122. The molecule has 0 unspecified atom stereocenters. The number of benzene rings is 1. The molecule has 0 spiro atoms. The van der Waals surface area contributed by atoms with Crippen LogP contribution in [0.4, 0.5) is 0 Å². The predicted molar refractivity (Wildman–Crippen MR) is 79.8 cm³/mol. The van der Waals surface area contributed by atoms with E-state index in [2.05, 4.69) is 25.2 Å². The molecule has 0 saturated carbocycles. The zero-order valence-electron chi connectivity index (χ0n) is 12.3. The van der Waals surface area contributed by atoms with E-state index in [1.54, 1.807) is 0 Å². The van der Waals surface area contributed by atoms with E-state index in [4.69, 9.17) is 5.26 Å². The van der Waals surface area contributed by atoms with Gasteiger partial charge < -0.3 is 5.32 Å². The van der Waals surface area contributed by atoms with E-state index >= 15 is 0 Å².